The van der Waals surface area contributed by atoms with Gasteiger partial charge < -0.3 is 20.1 Å². The minimum absolute atomic E-state index is 0.00833. The summed E-state index contributed by atoms with van der Waals surface area (Å²) in [5, 5.41) is 14.0. The number of aromatic nitrogens is 2. The van der Waals surface area contributed by atoms with Gasteiger partial charge in [0.1, 0.15) is 17.4 Å². The van der Waals surface area contributed by atoms with Crippen molar-refractivity contribution in [2.75, 3.05) is 24.5 Å². The number of hydrogen-bond donors (Lipinski definition) is 2. The zero-order valence-electron chi connectivity index (χ0n) is 18.4. The highest BCUT2D eigenvalue weighted by Crippen LogP contribution is 2.35. The van der Waals surface area contributed by atoms with E-state index in [0.717, 1.165) is 23.9 Å². The number of amides is 1. The van der Waals surface area contributed by atoms with Crippen LogP contribution in [0.5, 0.6) is 5.75 Å². The minimum Gasteiger partial charge on any atom is -0.507 e. The first-order valence-corrected chi connectivity index (χ1v) is 10.8. The number of anilines is 1. The Hall–Kier alpha value is -3.42. The van der Waals surface area contributed by atoms with Crippen LogP contribution in [0.1, 0.15) is 25.8 Å². The molecule has 1 fully saturated rings. The van der Waals surface area contributed by atoms with Gasteiger partial charge in [-0.2, -0.15) is 0 Å². The minimum atomic E-state index is -0.574. The number of carbonyl (C=O) groups excluding carboxylic acids is 1. The number of aromatic hydroxyl groups is 1. The van der Waals surface area contributed by atoms with Gasteiger partial charge in [0.05, 0.1) is 17.2 Å². The third-order valence-corrected chi connectivity index (χ3v) is 5.51. The zero-order valence-corrected chi connectivity index (χ0v) is 18.4. The van der Waals surface area contributed by atoms with Crippen molar-refractivity contribution in [2.24, 2.45) is 5.92 Å². The molecule has 0 bridgehead atoms. The maximum atomic E-state index is 14.5. The second-order valence-corrected chi connectivity index (χ2v) is 8.46. The first-order valence-electron chi connectivity index (χ1n) is 10.8. The summed E-state index contributed by atoms with van der Waals surface area (Å²) in [4.78, 5) is 23.2. The molecule has 2 heterocycles. The highest BCUT2D eigenvalue weighted by Gasteiger charge is 2.27. The van der Waals surface area contributed by atoms with E-state index >= 15 is 0 Å². The fourth-order valence-corrected chi connectivity index (χ4v) is 3.98. The summed E-state index contributed by atoms with van der Waals surface area (Å²) in [5.74, 6) is 0.302. The average Bonchev–Trinajstić information content (AvgIpc) is 3.20. The normalized spacial score (nSPS) is 16.0. The monoisotopic (exact) mass is 438 g/mol. The van der Waals surface area contributed by atoms with Gasteiger partial charge in [0.2, 0.25) is 0 Å². The van der Waals surface area contributed by atoms with Crippen LogP contribution in [0.3, 0.4) is 0 Å². The summed E-state index contributed by atoms with van der Waals surface area (Å²) in [6.45, 7) is 7.52. The molecule has 168 valence electrons. The standard InChI is InChI=1S/C24H27FN4O3/c1-14(2)32-24(31)26-12-16-9-10-29(13-16)23-17-8-7-15(3)11-19(17)27-22(28-23)21-18(25)5-4-6-20(21)30/h4-8,11,14,16,30H,9-10,12-13H2,1-3H3,(H,26,31)/t16-/m0/s1. The van der Waals surface area contributed by atoms with Crippen molar-refractivity contribution in [3.63, 3.8) is 0 Å². The van der Waals surface area contributed by atoms with Crippen LogP contribution in [0.25, 0.3) is 22.3 Å². The molecule has 1 atom stereocenters. The number of ether oxygens (including phenoxy) is 1. The number of hydrogen-bond acceptors (Lipinski definition) is 6. The highest BCUT2D eigenvalue weighted by molar-refractivity contribution is 5.92. The number of carbonyl (C=O) groups is 1. The fourth-order valence-electron chi connectivity index (χ4n) is 3.98. The molecule has 1 aliphatic rings. The molecule has 0 unspecified atom stereocenters. The molecule has 8 heteroatoms. The van der Waals surface area contributed by atoms with Crippen LogP contribution in [0, 0.1) is 18.7 Å². The van der Waals surface area contributed by atoms with E-state index in [2.05, 4.69) is 20.2 Å². The molecule has 32 heavy (non-hydrogen) atoms. The van der Waals surface area contributed by atoms with E-state index in [0.29, 0.717) is 24.4 Å². The summed E-state index contributed by atoms with van der Waals surface area (Å²) in [5.41, 5.74) is 1.71. The lowest BCUT2D eigenvalue weighted by atomic mass is 10.1. The van der Waals surface area contributed by atoms with Crippen LogP contribution in [-0.2, 0) is 4.74 Å². The van der Waals surface area contributed by atoms with E-state index in [4.69, 9.17) is 4.74 Å². The van der Waals surface area contributed by atoms with Gasteiger partial charge in [0, 0.05) is 25.0 Å². The summed E-state index contributed by atoms with van der Waals surface area (Å²) < 4.78 is 19.7. The molecule has 3 aromatic rings. The third-order valence-electron chi connectivity index (χ3n) is 5.51. The van der Waals surface area contributed by atoms with Crippen molar-refractivity contribution in [3.05, 3.63) is 47.8 Å². The molecule has 0 spiro atoms. The summed E-state index contributed by atoms with van der Waals surface area (Å²) in [6, 6.07) is 10.0. The van der Waals surface area contributed by atoms with E-state index < -0.39 is 11.9 Å². The molecule has 0 aliphatic carbocycles. The maximum absolute atomic E-state index is 14.5. The Morgan fingerprint density at radius 3 is 2.88 bits per heavy atom. The largest absolute Gasteiger partial charge is 0.507 e. The van der Waals surface area contributed by atoms with Gasteiger partial charge in [0.25, 0.3) is 0 Å². The lowest BCUT2D eigenvalue weighted by molar-refractivity contribution is 0.114. The van der Waals surface area contributed by atoms with Gasteiger partial charge in [0.15, 0.2) is 5.82 Å². The second kappa shape index (κ2) is 8.98. The highest BCUT2D eigenvalue weighted by atomic mass is 19.1. The molecule has 1 aliphatic heterocycles. The first-order chi connectivity index (χ1) is 15.3. The topological polar surface area (TPSA) is 87.6 Å². The van der Waals surface area contributed by atoms with E-state index in [1.807, 2.05) is 39.0 Å². The molecule has 2 N–H and O–H groups in total. The lowest BCUT2D eigenvalue weighted by Gasteiger charge is -2.21. The van der Waals surface area contributed by atoms with Crippen molar-refractivity contribution in [3.8, 4) is 17.1 Å². The van der Waals surface area contributed by atoms with Crippen molar-refractivity contribution < 1.29 is 19.0 Å². The van der Waals surface area contributed by atoms with Crippen LogP contribution >= 0.6 is 0 Å². The first kappa shape index (κ1) is 21.8. The Morgan fingerprint density at radius 2 is 2.12 bits per heavy atom. The molecule has 7 nitrogen and oxygen atoms in total. The van der Waals surface area contributed by atoms with Crippen LogP contribution in [0.2, 0.25) is 0 Å². The van der Waals surface area contributed by atoms with Crippen molar-refractivity contribution in [1.82, 2.24) is 15.3 Å². The van der Waals surface area contributed by atoms with Gasteiger partial charge >= 0.3 is 6.09 Å². The molecule has 1 amide bonds. The van der Waals surface area contributed by atoms with Crippen LogP contribution < -0.4 is 10.2 Å². The van der Waals surface area contributed by atoms with E-state index in [1.165, 1.54) is 18.2 Å². The molecule has 1 saturated heterocycles. The van der Waals surface area contributed by atoms with Gasteiger partial charge in [-0.05, 0) is 62.9 Å². The second-order valence-electron chi connectivity index (χ2n) is 8.46. The van der Waals surface area contributed by atoms with E-state index in [9.17, 15) is 14.3 Å². The quantitative estimate of drug-likeness (QED) is 0.614. The predicted molar refractivity (Wildman–Crippen MR) is 121 cm³/mol. The molecule has 0 saturated carbocycles. The van der Waals surface area contributed by atoms with E-state index in [-0.39, 0.29) is 29.2 Å². The number of phenolic OH excluding ortho intramolecular Hbond substituents is 1. The number of nitrogens with zero attached hydrogens (tertiary/aromatic N) is 3. The number of phenols is 1. The summed E-state index contributed by atoms with van der Waals surface area (Å²) >= 11 is 0. The number of fused-ring (bicyclic) bond motifs is 1. The van der Waals surface area contributed by atoms with Gasteiger partial charge in [-0.1, -0.05) is 12.1 Å². The lowest BCUT2D eigenvalue weighted by Crippen LogP contribution is -2.32. The molecular weight excluding hydrogens is 411 g/mol. The van der Waals surface area contributed by atoms with Crippen molar-refractivity contribution >= 4 is 22.8 Å². The molecule has 2 aromatic carbocycles. The fraction of sp³-hybridized carbons (Fsp3) is 0.375. The van der Waals surface area contributed by atoms with E-state index in [1.54, 1.807) is 0 Å². The Kier molecular flexibility index (Phi) is 6.12. The Bertz CT molecular complexity index is 1130. The number of halogens is 1. The van der Waals surface area contributed by atoms with Gasteiger partial charge in [-0.15, -0.1) is 0 Å². The number of benzene rings is 2. The summed E-state index contributed by atoms with van der Waals surface area (Å²) in [7, 11) is 0. The third kappa shape index (κ3) is 4.59. The van der Waals surface area contributed by atoms with Gasteiger partial charge in [-0.25, -0.2) is 19.2 Å². The molecule has 0 radical (unpaired) electrons. The zero-order chi connectivity index (χ0) is 22.8. The Morgan fingerprint density at radius 1 is 1.31 bits per heavy atom. The number of rotatable bonds is 5. The SMILES string of the molecule is Cc1ccc2c(N3CC[C@@H](CNC(=O)OC(C)C)C3)nc(-c3c(O)cccc3F)nc2c1. The molecule has 1 aromatic heterocycles. The smallest absolute Gasteiger partial charge is 0.407 e. The number of nitrogens with one attached hydrogen (secondary N) is 1. The molecular formula is C24H27FN4O3. The van der Waals surface area contributed by atoms with Crippen LogP contribution in [0.15, 0.2) is 36.4 Å². The molecule has 4 rings (SSSR count). The Balaban J connectivity index is 1.64. The van der Waals surface area contributed by atoms with Gasteiger partial charge in [-0.3, -0.25) is 0 Å². The number of alkyl carbamates (subject to hydrolysis) is 1. The average molecular weight is 439 g/mol. The number of aryl methyl sites for hydroxylation is 1. The predicted octanol–water partition coefficient (Wildman–Crippen LogP) is 4.41. The van der Waals surface area contributed by atoms with Crippen molar-refractivity contribution in [2.45, 2.75) is 33.3 Å². The van der Waals surface area contributed by atoms with Crippen molar-refractivity contribution in [1.29, 1.82) is 0 Å². The maximum Gasteiger partial charge on any atom is 0.407 e. The summed E-state index contributed by atoms with van der Waals surface area (Å²) in [6.07, 6.45) is 0.289. The Labute approximate surface area is 186 Å². The van der Waals surface area contributed by atoms with Crippen LogP contribution in [0.4, 0.5) is 15.0 Å². The van der Waals surface area contributed by atoms with Crippen LogP contribution in [-0.4, -0.2) is 46.9 Å².